The second-order valence-electron chi connectivity index (χ2n) is 7.45. The van der Waals surface area contributed by atoms with E-state index >= 15 is 0 Å². The molecule has 21 heavy (non-hydrogen) atoms. The van der Waals surface area contributed by atoms with Crippen molar-refractivity contribution >= 4 is 0 Å². The third-order valence-corrected chi connectivity index (χ3v) is 5.65. The molecule has 0 aromatic heterocycles. The Bertz CT molecular complexity index is 498. The minimum absolute atomic E-state index is 0.420. The number of fused-ring (bicyclic) bond motifs is 3. The summed E-state index contributed by atoms with van der Waals surface area (Å²) >= 11 is 0. The molecule has 0 saturated carbocycles. The van der Waals surface area contributed by atoms with E-state index in [4.69, 9.17) is 0 Å². The Morgan fingerprint density at radius 2 is 2.10 bits per heavy atom. The second-order valence-corrected chi connectivity index (χ2v) is 7.45. The van der Waals surface area contributed by atoms with Crippen LogP contribution in [-0.4, -0.2) is 28.7 Å². The summed E-state index contributed by atoms with van der Waals surface area (Å²) in [5.41, 5.74) is 2.45. The molecule has 0 bridgehead atoms. The van der Waals surface area contributed by atoms with Gasteiger partial charge in [-0.15, -0.1) is 0 Å². The van der Waals surface area contributed by atoms with Crippen molar-refractivity contribution in [3.8, 4) is 0 Å². The van der Waals surface area contributed by atoms with Crippen LogP contribution >= 0.6 is 0 Å². The van der Waals surface area contributed by atoms with Crippen LogP contribution in [0.5, 0.6) is 0 Å². The summed E-state index contributed by atoms with van der Waals surface area (Å²) < 4.78 is 0. The lowest BCUT2D eigenvalue weighted by Crippen LogP contribution is -2.54. The van der Waals surface area contributed by atoms with Gasteiger partial charge in [-0.25, -0.2) is 0 Å². The average molecular weight is 287 g/mol. The number of nitrogens with zero attached hydrogens (tertiary/aromatic N) is 1. The van der Waals surface area contributed by atoms with Crippen molar-refractivity contribution in [2.45, 2.75) is 58.1 Å². The lowest BCUT2D eigenvalue weighted by molar-refractivity contribution is -0.105. The van der Waals surface area contributed by atoms with Gasteiger partial charge in [-0.2, -0.15) is 0 Å². The van der Waals surface area contributed by atoms with Crippen LogP contribution < -0.4 is 0 Å². The summed E-state index contributed by atoms with van der Waals surface area (Å²) in [6.45, 7) is 8.90. The van der Waals surface area contributed by atoms with E-state index in [1.165, 1.54) is 11.1 Å². The predicted octanol–water partition coefficient (Wildman–Crippen LogP) is 3.79. The molecule has 1 aromatic rings. The Morgan fingerprint density at radius 3 is 2.81 bits per heavy atom. The molecule has 2 aliphatic heterocycles. The highest BCUT2D eigenvalue weighted by atomic mass is 16.3. The van der Waals surface area contributed by atoms with Gasteiger partial charge >= 0.3 is 0 Å². The van der Waals surface area contributed by atoms with Crippen LogP contribution in [-0.2, 0) is 6.42 Å². The molecule has 3 unspecified atom stereocenters. The molecular formula is C19H29NO. The number of piperidine rings is 1. The molecule has 1 N–H and O–H groups in total. The third kappa shape index (κ3) is 2.76. The molecule has 0 radical (unpaired) electrons. The Balaban J connectivity index is 1.89. The molecule has 3 rings (SSSR count). The third-order valence-electron chi connectivity index (χ3n) is 5.65. The molecule has 0 spiro atoms. The van der Waals surface area contributed by atoms with Crippen LogP contribution in [0.15, 0.2) is 24.3 Å². The van der Waals surface area contributed by atoms with Crippen molar-refractivity contribution in [2.75, 3.05) is 13.1 Å². The number of hydrogen-bond acceptors (Lipinski definition) is 2. The molecule has 0 aliphatic carbocycles. The van der Waals surface area contributed by atoms with Crippen LogP contribution in [0.3, 0.4) is 0 Å². The Kier molecular flexibility index (Phi) is 4.11. The van der Waals surface area contributed by atoms with E-state index in [0.29, 0.717) is 17.9 Å². The maximum atomic E-state index is 11.2. The molecule has 0 amide bonds. The Morgan fingerprint density at radius 1 is 1.33 bits per heavy atom. The smallest absolute Gasteiger partial charge is 0.0703 e. The molecule has 3 atom stereocenters. The summed E-state index contributed by atoms with van der Waals surface area (Å²) in [5.74, 6) is 1.07. The van der Waals surface area contributed by atoms with Gasteiger partial charge in [-0.3, -0.25) is 4.90 Å². The monoisotopic (exact) mass is 287 g/mol. The fourth-order valence-corrected chi connectivity index (χ4v) is 4.41. The molecule has 2 nitrogen and oxygen atoms in total. The maximum absolute atomic E-state index is 11.2. The highest BCUT2D eigenvalue weighted by molar-refractivity contribution is 5.33. The van der Waals surface area contributed by atoms with Crippen molar-refractivity contribution in [2.24, 2.45) is 11.8 Å². The Hall–Kier alpha value is -0.860. The van der Waals surface area contributed by atoms with E-state index in [-0.39, 0.29) is 0 Å². The molecule has 1 saturated heterocycles. The Labute approximate surface area is 129 Å². The van der Waals surface area contributed by atoms with Gasteiger partial charge in [0, 0.05) is 25.0 Å². The van der Waals surface area contributed by atoms with E-state index < -0.39 is 5.60 Å². The number of hydrogen-bond donors (Lipinski definition) is 1. The second kappa shape index (κ2) is 5.73. The number of benzene rings is 1. The van der Waals surface area contributed by atoms with Crippen LogP contribution in [0.2, 0.25) is 0 Å². The molecule has 1 aromatic carbocycles. The van der Waals surface area contributed by atoms with Crippen molar-refractivity contribution in [1.82, 2.24) is 4.90 Å². The predicted molar refractivity (Wildman–Crippen MR) is 87.3 cm³/mol. The first kappa shape index (κ1) is 15.1. The first-order valence-electron chi connectivity index (χ1n) is 8.57. The molecule has 2 heteroatoms. The first-order valence-corrected chi connectivity index (χ1v) is 8.57. The minimum atomic E-state index is -0.490. The normalized spacial score (nSPS) is 32.8. The van der Waals surface area contributed by atoms with Gasteiger partial charge in [0.15, 0.2) is 0 Å². The lowest BCUT2D eigenvalue weighted by atomic mass is 9.70. The van der Waals surface area contributed by atoms with E-state index in [1.54, 1.807) is 0 Å². The minimum Gasteiger partial charge on any atom is -0.389 e. The van der Waals surface area contributed by atoms with E-state index in [0.717, 1.165) is 38.8 Å². The molecular weight excluding hydrogens is 258 g/mol. The van der Waals surface area contributed by atoms with Crippen molar-refractivity contribution in [3.63, 3.8) is 0 Å². The highest BCUT2D eigenvalue weighted by Crippen LogP contribution is 2.45. The van der Waals surface area contributed by atoms with Crippen molar-refractivity contribution < 1.29 is 5.11 Å². The van der Waals surface area contributed by atoms with Crippen LogP contribution in [0.25, 0.3) is 0 Å². The quantitative estimate of drug-likeness (QED) is 0.914. The van der Waals surface area contributed by atoms with Gasteiger partial charge in [0.05, 0.1) is 5.60 Å². The van der Waals surface area contributed by atoms with E-state index in [1.807, 2.05) is 0 Å². The topological polar surface area (TPSA) is 23.5 Å². The zero-order valence-electron chi connectivity index (χ0n) is 13.7. The fourth-order valence-electron chi connectivity index (χ4n) is 4.41. The zero-order chi connectivity index (χ0) is 15.0. The van der Waals surface area contributed by atoms with Gasteiger partial charge in [0.2, 0.25) is 0 Å². The van der Waals surface area contributed by atoms with E-state index in [2.05, 4.69) is 49.9 Å². The standard InChI is InChI=1S/C19H29NO/c1-4-19(21)12-18-17-8-6-5-7-15(17)9-10-20(18)13-16(19)11-14(2)3/h5-8,14,16,18,21H,4,9-13H2,1-3H3. The molecule has 116 valence electrons. The van der Waals surface area contributed by atoms with Crippen molar-refractivity contribution in [3.05, 3.63) is 35.4 Å². The van der Waals surface area contributed by atoms with Gasteiger partial charge in [0.1, 0.15) is 0 Å². The van der Waals surface area contributed by atoms with Crippen LogP contribution in [0.4, 0.5) is 0 Å². The first-order chi connectivity index (χ1) is 10.0. The maximum Gasteiger partial charge on any atom is 0.0703 e. The van der Waals surface area contributed by atoms with Crippen LogP contribution in [0.1, 0.15) is 57.2 Å². The summed E-state index contributed by atoms with van der Waals surface area (Å²) in [6.07, 6.45) is 4.07. The van der Waals surface area contributed by atoms with E-state index in [9.17, 15) is 5.11 Å². The summed E-state index contributed by atoms with van der Waals surface area (Å²) in [7, 11) is 0. The van der Waals surface area contributed by atoms with Gasteiger partial charge in [0.25, 0.3) is 0 Å². The number of aliphatic hydroxyl groups is 1. The largest absolute Gasteiger partial charge is 0.389 e. The van der Waals surface area contributed by atoms with Crippen molar-refractivity contribution in [1.29, 1.82) is 0 Å². The fraction of sp³-hybridized carbons (Fsp3) is 0.684. The van der Waals surface area contributed by atoms with Gasteiger partial charge in [-0.05, 0) is 42.7 Å². The van der Waals surface area contributed by atoms with Gasteiger partial charge in [-0.1, -0.05) is 45.0 Å². The highest BCUT2D eigenvalue weighted by Gasteiger charge is 2.46. The molecule has 2 heterocycles. The summed E-state index contributed by atoms with van der Waals surface area (Å²) in [4.78, 5) is 2.62. The summed E-state index contributed by atoms with van der Waals surface area (Å²) in [5, 5.41) is 11.2. The average Bonchev–Trinajstić information content (AvgIpc) is 2.48. The molecule has 2 aliphatic rings. The van der Waals surface area contributed by atoms with Gasteiger partial charge < -0.3 is 5.11 Å². The number of rotatable bonds is 3. The van der Waals surface area contributed by atoms with Crippen LogP contribution in [0, 0.1) is 11.8 Å². The summed E-state index contributed by atoms with van der Waals surface area (Å²) in [6, 6.07) is 9.24. The molecule has 1 fully saturated rings. The zero-order valence-corrected chi connectivity index (χ0v) is 13.7. The lowest BCUT2D eigenvalue weighted by Gasteiger charge is -2.51. The SMILES string of the molecule is CCC1(O)CC2c3ccccc3CCN2CC1CC(C)C.